The minimum atomic E-state index is 0.180. The molecule has 1 aromatic carbocycles. The second-order valence-corrected chi connectivity index (χ2v) is 6.90. The first kappa shape index (κ1) is 14.1. The maximum absolute atomic E-state index is 12.1. The predicted molar refractivity (Wildman–Crippen MR) is 83.3 cm³/mol. The Morgan fingerprint density at radius 2 is 2.00 bits per heavy atom. The Balaban J connectivity index is 1.54. The van der Waals surface area contributed by atoms with Gasteiger partial charge in [-0.2, -0.15) is 0 Å². The summed E-state index contributed by atoms with van der Waals surface area (Å²) in [6, 6.07) is 8.94. The molecule has 2 aliphatic rings. The van der Waals surface area contributed by atoms with Gasteiger partial charge in [0.2, 0.25) is 5.91 Å². The number of benzene rings is 1. The molecule has 0 aromatic heterocycles. The number of nitrogens with zero attached hydrogens (tertiary/aromatic N) is 1. The molecule has 0 bridgehead atoms. The third kappa shape index (κ3) is 3.83. The minimum absolute atomic E-state index is 0.180. The zero-order valence-corrected chi connectivity index (χ0v) is 13.2. The van der Waals surface area contributed by atoms with E-state index in [1.54, 1.807) is 0 Å². The topological polar surface area (TPSA) is 32.3 Å². The first-order chi connectivity index (χ1) is 9.70. The highest BCUT2D eigenvalue weighted by Crippen LogP contribution is 2.23. The van der Waals surface area contributed by atoms with Crippen molar-refractivity contribution in [1.29, 1.82) is 0 Å². The molecule has 4 heteroatoms. The van der Waals surface area contributed by atoms with Crippen molar-refractivity contribution in [3.8, 4) is 0 Å². The molecule has 108 valence electrons. The molecule has 1 saturated heterocycles. The molecule has 1 heterocycles. The van der Waals surface area contributed by atoms with Gasteiger partial charge in [-0.15, -0.1) is 0 Å². The number of likely N-dealkylation sites (tertiary alicyclic amines) is 1. The van der Waals surface area contributed by atoms with Crippen molar-refractivity contribution in [2.45, 2.75) is 38.3 Å². The van der Waals surface area contributed by atoms with Crippen LogP contribution < -0.4 is 5.32 Å². The van der Waals surface area contributed by atoms with Crippen molar-refractivity contribution >= 4 is 21.8 Å². The Morgan fingerprint density at radius 1 is 1.25 bits per heavy atom. The smallest absolute Gasteiger partial charge is 0.224 e. The number of carbonyl (C=O) groups excluding carboxylic acids is 1. The molecule has 1 saturated carbocycles. The van der Waals surface area contributed by atoms with Gasteiger partial charge in [0.15, 0.2) is 0 Å². The van der Waals surface area contributed by atoms with Gasteiger partial charge in [-0.25, -0.2) is 0 Å². The number of rotatable bonds is 4. The molecule has 1 aliphatic carbocycles. The number of hydrogen-bond donors (Lipinski definition) is 1. The average Bonchev–Trinajstić information content (AvgIpc) is 3.26. The zero-order chi connectivity index (χ0) is 13.9. The summed E-state index contributed by atoms with van der Waals surface area (Å²) in [7, 11) is 0. The van der Waals surface area contributed by atoms with Crippen molar-refractivity contribution in [3.63, 3.8) is 0 Å². The van der Waals surface area contributed by atoms with Crippen LogP contribution in [0.1, 0.15) is 31.2 Å². The van der Waals surface area contributed by atoms with E-state index in [0.717, 1.165) is 36.9 Å². The maximum Gasteiger partial charge on any atom is 0.224 e. The Kier molecular flexibility index (Phi) is 4.41. The van der Waals surface area contributed by atoms with Gasteiger partial charge in [0.05, 0.1) is 5.92 Å². The van der Waals surface area contributed by atoms with Crippen LogP contribution in [-0.2, 0) is 11.3 Å². The lowest BCUT2D eigenvalue weighted by Gasteiger charge is -2.32. The van der Waals surface area contributed by atoms with Crippen molar-refractivity contribution in [2.24, 2.45) is 5.92 Å². The molecule has 0 spiro atoms. The van der Waals surface area contributed by atoms with E-state index in [1.807, 2.05) is 0 Å². The van der Waals surface area contributed by atoms with Gasteiger partial charge in [-0.1, -0.05) is 28.1 Å². The lowest BCUT2D eigenvalue weighted by Crippen LogP contribution is -2.43. The van der Waals surface area contributed by atoms with Crippen LogP contribution in [0, 0.1) is 5.92 Å². The monoisotopic (exact) mass is 336 g/mol. The fraction of sp³-hybridized carbons (Fsp3) is 0.562. The molecule has 2 fully saturated rings. The van der Waals surface area contributed by atoms with E-state index >= 15 is 0 Å². The normalized spacial score (nSPS) is 23.6. The standard InChI is InChI=1S/C16H21BrN2O/c17-14-5-3-12(4-6-14)10-19-9-1-2-13(11-19)16(20)18-15-7-8-15/h3-6,13,15H,1-2,7-11H2,(H,18,20). The fourth-order valence-corrected chi connectivity index (χ4v) is 3.07. The number of amides is 1. The van der Waals surface area contributed by atoms with Crippen molar-refractivity contribution in [3.05, 3.63) is 34.3 Å². The van der Waals surface area contributed by atoms with E-state index in [1.165, 1.54) is 18.4 Å². The predicted octanol–water partition coefficient (Wildman–Crippen LogP) is 2.94. The Bertz CT molecular complexity index is 470. The molecular weight excluding hydrogens is 316 g/mol. The van der Waals surface area contributed by atoms with Crippen LogP contribution in [0.5, 0.6) is 0 Å². The fourth-order valence-electron chi connectivity index (χ4n) is 2.81. The van der Waals surface area contributed by atoms with Gasteiger partial charge in [-0.05, 0) is 49.9 Å². The Morgan fingerprint density at radius 3 is 2.70 bits per heavy atom. The first-order valence-electron chi connectivity index (χ1n) is 7.48. The molecule has 0 radical (unpaired) electrons. The molecule has 3 rings (SSSR count). The van der Waals surface area contributed by atoms with E-state index in [9.17, 15) is 4.79 Å². The lowest BCUT2D eigenvalue weighted by molar-refractivity contribution is -0.126. The third-order valence-electron chi connectivity index (χ3n) is 4.12. The summed E-state index contributed by atoms with van der Waals surface area (Å²) in [5, 5.41) is 3.14. The summed E-state index contributed by atoms with van der Waals surface area (Å²) in [6.07, 6.45) is 4.50. The van der Waals surface area contributed by atoms with E-state index in [4.69, 9.17) is 0 Å². The Hall–Kier alpha value is -0.870. The van der Waals surface area contributed by atoms with Gasteiger partial charge in [0.1, 0.15) is 0 Å². The molecule has 1 N–H and O–H groups in total. The summed E-state index contributed by atoms with van der Waals surface area (Å²) in [5.74, 6) is 0.452. The zero-order valence-electron chi connectivity index (χ0n) is 11.6. The van der Waals surface area contributed by atoms with E-state index in [2.05, 4.69) is 50.4 Å². The number of hydrogen-bond acceptors (Lipinski definition) is 2. The van der Waals surface area contributed by atoms with Gasteiger partial charge in [-0.3, -0.25) is 9.69 Å². The quantitative estimate of drug-likeness (QED) is 0.916. The molecule has 1 amide bonds. The summed E-state index contributed by atoms with van der Waals surface area (Å²) < 4.78 is 1.11. The number of carbonyl (C=O) groups is 1. The number of halogens is 1. The Labute approximate surface area is 128 Å². The highest BCUT2D eigenvalue weighted by molar-refractivity contribution is 9.10. The molecular formula is C16H21BrN2O. The molecule has 20 heavy (non-hydrogen) atoms. The van der Waals surface area contributed by atoms with Crippen molar-refractivity contribution in [1.82, 2.24) is 10.2 Å². The molecule has 1 aliphatic heterocycles. The van der Waals surface area contributed by atoms with Crippen LogP contribution in [0.4, 0.5) is 0 Å². The van der Waals surface area contributed by atoms with Crippen LogP contribution in [0.25, 0.3) is 0 Å². The van der Waals surface area contributed by atoms with Crippen molar-refractivity contribution < 1.29 is 4.79 Å². The van der Waals surface area contributed by atoms with Crippen LogP contribution >= 0.6 is 15.9 Å². The van der Waals surface area contributed by atoms with Crippen LogP contribution in [-0.4, -0.2) is 29.9 Å². The second kappa shape index (κ2) is 6.27. The van der Waals surface area contributed by atoms with E-state index in [-0.39, 0.29) is 11.8 Å². The van der Waals surface area contributed by atoms with Crippen LogP contribution in [0.15, 0.2) is 28.7 Å². The minimum Gasteiger partial charge on any atom is -0.353 e. The molecule has 3 nitrogen and oxygen atoms in total. The first-order valence-corrected chi connectivity index (χ1v) is 8.27. The van der Waals surface area contributed by atoms with Gasteiger partial charge >= 0.3 is 0 Å². The average molecular weight is 337 g/mol. The highest BCUT2D eigenvalue weighted by Gasteiger charge is 2.30. The lowest BCUT2D eigenvalue weighted by atomic mass is 9.96. The van der Waals surface area contributed by atoms with E-state index in [0.29, 0.717) is 6.04 Å². The van der Waals surface area contributed by atoms with Crippen LogP contribution in [0.3, 0.4) is 0 Å². The van der Waals surface area contributed by atoms with Gasteiger partial charge in [0, 0.05) is 23.6 Å². The number of piperidine rings is 1. The van der Waals surface area contributed by atoms with Crippen LogP contribution in [0.2, 0.25) is 0 Å². The van der Waals surface area contributed by atoms with E-state index < -0.39 is 0 Å². The summed E-state index contributed by atoms with van der Waals surface area (Å²) in [4.78, 5) is 14.6. The summed E-state index contributed by atoms with van der Waals surface area (Å²) in [5.41, 5.74) is 1.32. The molecule has 1 unspecified atom stereocenters. The SMILES string of the molecule is O=C(NC1CC1)C1CCCN(Cc2ccc(Br)cc2)C1. The summed E-state index contributed by atoms with van der Waals surface area (Å²) in [6.45, 7) is 2.94. The third-order valence-corrected chi connectivity index (χ3v) is 4.65. The number of nitrogens with one attached hydrogen (secondary N) is 1. The maximum atomic E-state index is 12.1. The summed E-state index contributed by atoms with van der Waals surface area (Å²) >= 11 is 3.46. The molecule has 1 aromatic rings. The van der Waals surface area contributed by atoms with Gasteiger partial charge in [0.25, 0.3) is 0 Å². The largest absolute Gasteiger partial charge is 0.353 e. The second-order valence-electron chi connectivity index (χ2n) is 5.98. The van der Waals surface area contributed by atoms with Crippen molar-refractivity contribution in [2.75, 3.05) is 13.1 Å². The molecule has 1 atom stereocenters. The highest BCUT2D eigenvalue weighted by atomic mass is 79.9. The van der Waals surface area contributed by atoms with Gasteiger partial charge < -0.3 is 5.32 Å².